The Labute approximate surface area is 133 Å². The Bertz CT molecular complexity index is 701. The Morgan fingerprint density at radius 3 is 2.77 bits per heavy atom. The van der Waals surface area contributed by atoms with Gasteiger partial charge in [0.15, 0.2) is 6.61 Å². The van der Waals surface area contributed by atoms with Gasteiger partial charge in [0.2, 0.25) is 0 Å². The van der Waals surface area contributed by atoms with Crippen molar-refractivity contribution in [2.24, 2.45) is 5.10 Å². The molecule has 114 valence electrons. The number of nitrogens with zero attached hydrogens (tertiary/aromatic N) is 1. The third-order valence-corrected chi connectivity index (χ3v) is 3.04. The molecule has 0 fully saturated rings. The van der Waals surface area contributed by atoms with Crippen LogP contribution in [-0.2, 0) is 4.79 Å². The van der Waals surface area contributed by atoms with Crippen molar-refractivity contribution >= 4 is 23.2 Å². The van der Waals surface area contributed by atoms with E-state index in [-0.39, 0.29) is 12.4 Å². The maximum absolute atomic E-state index is 11.7. The fourth-order valence-corrected chi connectivity index (χ4v) is 1.90. The molecule has 2 N–H and O–H groups in total. The molecule has 0 spiro atoms. The first kappa shape index (κ1) is 15.9. The van der Waals surface area contributed by atoms with Gasteiger partial charge in [-0.3, -0.25) is 4.79 Å². The van der Waals surface area contributed by atoms with E-state index in [1.165, 1.54) is 0 Å². The van der Waals surface area contributed by atoms with Crippen LogP contribution in [0.2, 0.25) is 5.02 Å². The van der Waals surface area contributed by atoms with Crippen molar-refractivity contribution in [2.45, 2.75) is 6.92 Å². The minimum Gasteiger partial charge on any atom is -0.507 e. The molecular weight excluding hydrogens is 304 g/mol. The number of phenolic OH excluding ortho intramolecular Hbond substituents is 1. The van der Waals surface area contributed by atoms with Crippen molar-refractivity contribution in [3.63, 3.8) is 0 Å². The van der Waals surface area contributed by atoms with Gasteiger partial charge in [0.25, 0.3) is 5.91 Å². The van der Waals surface area contributed by atoms with Gasteiger partial charge in [0.05, 0.1) is 5.71 Å². The third-order valence-electron chi connectivity index (χ3n) is 2.81. The van der Waals surface area contributed by atoms with Crippen LogP contribution in [-0.4, -0.2) is 23.3 Å². The first-order valence-corrected chi connectivity index (χ1v) is 6.94. The molecule has 0 heterocycles. The molecule has 2 aromatic rings. The van der Waals surface area contributed by atoms with Crippen LogP contribution >= 0.6 is 11.6 Å². The molecule has 0 unspecified atom stereocenters. The van der Waals surface area contributed by atoms with E-state index in [0.717, 1.165) is 0 Å². The highest BCUT2D eigenvalue weighted by Crippen LogP contribution is 2.17. The molecule has 22 heavy (non-hydrogen) atoms. The molecule has 0 aliphatic rings. The van der Waals surface area contributed by atoms with Gasteiger partial charge in [-0.15, -0.1) is 0 Å². The second kappa shape index (κ2) is 7.47. The van der Waals surface area contributed by atoms with Crippen LogP contribution in [0.3, 0.4) is 0 Å². The van der Waals surface area contributed by atoms with E-state index in [0.29, 0.717) is 22.0 Å². The van der Waals surface area contributed by atoms with E-state index in [4.69, 9.17) is 16.3 Å². The van der Waals surface area contributed by atoms with Gasteiger partial charge in [0, 0.05) is 10.6 Å². The van der Waals surface area contributed by atoms with Crippen LogP contribution in [0, 0.1) is 0 Å². The van der Waals surface area contributed by atoms with Crippen LogP contribution in [0.1, 0.15) is 12.5 Å². The highest BCUT2D eigenvalue weighted by atomic mass is 35.5. The number of halogens is 1. The maximum Gasteiger partial charge on any atom is 0.277 e. The number of para-hydroxylation sites is 1. The number of phenols is 1. The number of carbonyl (C=O) groups excluding carboxylic acids is 1. The molecule has 0 atom stereocenters. The molecule has 0 radical (unpaired) electrons. The average Bonchev–Trinajstić information content (AvgIpc) is 2.51. The van der Waals surface area contributed by atoms with Crippen molar-refractivity contribution in [1.82, 2.24) is 5.43 Å². The molecule has 1 amide bonds. The second-order valence-corrected chi connectivity index (χ2v) is 4.93. The lowest BCUT2D eigenvalue weighted by atomic mass is 10.1. The zero-order valence-corrected chi connectivity index (χ0v) is 12.7. The molecule has 0 bridgehead atoms. The predicted octanol–water partition coefficient (Wildman–Crippen LogP) is 2.96. The third kappa shape index (κ3) is 4.49. The first-order chi connectivity index (χ1) is 10.6. The molecule has 0 saturated carbocycles. The van der Waals surface area contributed by atoms with Crippen LogP contribution in [0.15, 0.2) is 53.6 Å². The van der Waals surface area contributed by atoms with E-state index in [1.807, 2.05) is 0 Å². The van der Waals surface area contributed by atoms with Gasteiger partial charge >= 0.3 is 0 Å². The number of benzene rings is 2. The summed E-state index contributed by atoms with van der Waals surface area (Å²) in [5.41, 5.74) is 3.42. The zero-order valence-electron chi connectivity index (χ0n) is 11.9. The lowest BCUT2D eigenvalue weighted by Gasteiger charge is -2.06. The topological polar surface area (TPSA) is 70.9 Å². The van der Waals surface area contributed by atoms with Crippen molar-refractivity contribution in [3.8, 4) is 11.5 Å². The lowest BCUT2D eigenvalue weighted by Crippen LogP contribution is -2.25. The van der Waals surface area contributed by atoms with Crippen molar-refractivity contribution in [1.29, 1.82) is 0 Å². The molecular formula is C16H15ClN2O3. The van der Waals surface area contributed by atoms with Crippen LogP contribution < -0.4 is 10.2 Å². The van der Waals surface area contributed by atoms with E-state index >= 15 is 0 Å². The lowest BCUT2D eigenvalue weighted by molar-refractivity contribution is -0.123. The Balaban J connectivity index is 1.90. The number of amides is 1. The number of carbonyl (C=O) groups is 1. The largest absolute Gasteiger partial charge is 0.507 e. The Morgan fingerprint density at radius 2 is 2.05 bits per heavy atom. The number of hydrogen-bond acceptors (Lipinski definition) is 4. The Morgan fingerprint density at radius 1 is 1.27 bits per heavy atom. The van der Waals surface area contributed by atoms with Crippen LogP contribution in [0.25, 0.3) is 0 Å². The standard InChI is InChI=1S/C16H15ClN2O3/c1-11(14-7-2-3-8-15(14)20)18-19-16(21)10-22-13-6-4-5-12(17)9-13/h2-9,20H,10H2,1H3,(H,19,21)/b18-11-. The summed E-state index contributed by atoms with van der Waals surface area (Å²) in [5, 5.41) is 14.2. The van der Waals surface area contributed by atoms with E-state index in [2.05, 4.69) is 10.5 Å². The molecule has 0 saturated heterocycles. The summed E-state index contributed by atoms with van der Waals surface area (Å²) >= 11 is 5.82. The van der Waals surface area contributed by atoms with Crippen LogP contribution in [0.4, 0.5) is 0 Å². The van der Waals surface area contributed by atoms with Crippen molar-refractivity contribution in [2.75, 3.05) is 6.61 Å². The maximum atomic E-state index is 11.7. The summed E-state index contributed by atoms with van der Waals surface area (Å²) in [4.78, 5) is 11.7. The van der Waals surface area contributed by atoms with Gasteiger partial charge in [-0.25, -0.2) is 5.43 Å². The molecule has 0 aliphatic carbocycles. The number of hydrogen-bond donors (Lipinski definition) is 2. The fraction of sp³-hybridized carbons (Fsp3) is 0.125. The predicted molar refractivity (Wildman–Crippen MR) is 85.4 cm³/mol. The smallest absolute Gasteiger partial charge is 0.277 e. The second-order valence-electron chi connectivity index (χ2n) is 4.50. The fourth-order valence-electron chi connectivity index (χ4n) is 1.72. The molecule has 0 aromatic heterocycles. The van der Waals surface area contributed by atoms with Crippen molar-refractivity contribution in [3.05, 3.63) is 59.1 Å². The first-order valence-electron chi connectivity index (χ1n) is 6.56. The van der Waals surface area contributed by atoms with Gasteiger partial charge in [-0.1, -0.05) is 29.8 Å². The summed E-state index contributed by atoms with van der Waals surface area (Å²) in [5.74, 6) is 0.201. The summed E-state index contributed by atoms with van der Waals surface area (Å²) in [7, 11) is 0. The summed E-state index contributed by atoms with van der Waals surface area (Å²) in [6.07, 6.45) is 0. The van der Waals surface area contributed by atoms with Gasteiger partial charge in [0.1, 0.15) is 11.5 Å². The quantitative estimate of drug-likeness (QED) is 0.657. The number of ether oxygens (including phenoxy) is 1. The molecule has 0 aliphatic heterocycles. The van der Waals surface area contributed by atoms with Crippen molar-refractivity contribution < 1.29 is 14.6 Å². The molecule has 2 aromatic carbocycles. The zero-order chi connectivity index (χ0) is 15.9. The number of aromatic hydroxyl groups is 1. The normalized spacial score (nSPS) is 11.1. The molecule has 2 rings (SSSR count). The Kier molecular flexibility index (Phi) is 5.38. The average molecular weight is 319 g/mol. The van der Waals surface area contributed by atoms with Gasteiger partial charge in [-0.05, 0) is 37.3 Å². The monoisotopic (exact) mass is 318 g/mol. The highest BCUT2D eigenvalue weighted by molar-refractivity contribution is 6.30. The van der Waals surface area contributed by atoms with Gasteiger partial charge in [-0.2, -0.15) is 5.10 Å². The highest BCUT2D eigenvalue weighted by Gasteiger charge is 2.05. The van der Waals surface area contributed by atoms with E-state index in [1.54, 1.807) is 55.5 Å². The Hall–Kier alpha value is -2.53. The van der Waals surface area contributed by atoms with E-state index < -0.39 is 5.91 Å². The minimum atomic E-state index is -0.408. The number of nitrogens with one attached hydrogen (secondary N) is 1. The number of rotatable bonds is 5. The van der Waals surface area contributed by atoms with E-state index in [9.17, 15) is 9.90 Å². The molecule has 5 nitrogen and oxygen atoms in total. The van der Waals surface area contributed by atoms with Crippen LogP contribution in [0.5, 0.6) is 11.5 Å². The molecule has 6 heteroatoms. The summed E-state index contributed by atoms with van der Waals surface area (Å²) in [6, 6.07) is 13.5. The van der Waals surface area contributed by atoms with Gasteiger partial charge < -0.3 is 9.84 Å². The summed E-state index contributed by atoms with van der Waals surface area (Å²) in [6.45, 7) is 1.51. The SMILES string of the molecule is C/C(=N/NC(=O)COc1cccc(Cl)c1)c1ccccc1O. The summed E-state index contributed by atoms with van der Waals surface area (Å²) < 4.78 is 5.30. The minimum absolute atomic E-state index is 0.105. The number of hydrazone groups is 1.